The SMILES string of the molecule is Cc1ccc(Cl)cc1NCCCN(C)C. The summed E-state index contributed by atoms with van der Waals surface area (Å²) in [6.45, 7) is 4.18. The molecule has 15 heavy (non-hydrogen) atoms. The van der Waals surface area contributed by atoms with Crippen LogP contribution in [0.1, 0.15) is 12.0 Å². The van der Waals surface area contributed by atoms with Gasteiger partial charge in [-0.25, -0.2) is 0 Å². The van der Waals surface area contributed by atoms with E-state index in [9.17, 15) is 0 Å². The predicted molar refractivity (Wildman–Crippen MR) is 67.8 cm³/mol. The molecule has 0 aliphatic heterocycles. The van der Waals surface area contributed by atoms with Crippen molar-refractivity contribution in [2.24, 2.45) is 0 Å². The molecular formula is C12H19ClN2. The third kappa shape index (κ3) is 4.54. The maximum absolute atomic E-state index is 5.93. The average molecular weight is 227 g/mol. The van der Waals surface area contributed by atoms with Crippen molar-refractivity contribution < 1.29 is 0 Å². The molecule has 1 rings (SSSR count). The van der Waals surface area contributed by atoms with E-state index in [0.717, 1.165) is 30.2 Å². The molecule has 1 aromatic carbocycles. The summed E-state index contributed by atoms with van der Waals surface area (Å²) in [7, 11) is 4.18. The van der Waals surface area contributed by atoms with Crippen molar-refractivity contribution in [3.63, 3.8) is 0 Å². The Morgan fingerprint density at radius 2 is 2.07 bits per heavy atom. The zero-order chi connectivity index (χ0) is 11.3. The van der Waals surface area contributed by atoms with Crippen LogP contribution in [0.25, 0.3) is 0 Å². The minimum absolute atomic E-state index is 0.788. The summed E-state index contributed by atoms with van der Waals surface area (Å²) in [6.07, 6.45) is 1.14. The van der Waals surface area contributed by atoms with E-state index in [2.05, 4.69) is 31.2 Å². The summed E-state index contributed by atoms with van der Waals surface area (Å²) >= 11 is 5.93. The van der Waals surface area contributed by atoms with Crippen LogP contribution < -0.4 is 5.32 Å². The van der Waals surface area contributed by atoms with Gasteiger partial charge in [0.15, 0.2) is 0 Å². The normalized spacial score (nSPS) is 10.7. The van der Waals surface area contributed by atoms with Gasteiger partial charge in [-0.2, -0.15) is 0 Å². The van der Waals surface area contributed by atoms with Crippen molar-refractivity contribution in [3.8, 4) is 0 Å². The van der Waals surface area contributed by atoms with Gasteiger partial charge in [0.2, 0.25) is 0 Å². The van der Waals surface area contributed by atoms with Crippen LogP contribution in [0.2, 0.25) is 5.02 Å². The lowest BCUT2D eigenvalue weighted by molar-refractivity contribution is 0.405. The van der Waals surface area contributed by atoms with Crippen LogP contribution in [0.4, 0.5) is 5.69 Å². The number of anilines is 1. The van der Waals surface area contributed by atoms with Crippen molar-refractivity contribution in [2.45, 2.75) is 13.3 Å². The van der Waals surface area contributed by atoms with Gasteiger partial charge in [-0.05, 0) is 51.7 Å². The minimum Gasteiger partial charge on any atom is -0.385 e. The Kier molecular flexibility index (Phi) is 4.92. The van der Waals surface area contributed by atoms with Crippen LogP contribution in [-0.4, -0.2) is 32.1 Å². The zero-order valence-electron chi connectivity index (χ0n) is 9.68. The summed E-state index contributed by atoms with van der Waals surface area (Å²) < 4.78 is 0. The van der Waals surface area contributed by atoms with Crippen molar-refractivity contribution >= 4 is 17.3 Å². The molecule has 0 atom stereocenters. The summed E-state index contributed by atoms with van der Waals surface area (Å²) in [5, 5.41) is 4.19. The number of nitrogens with one attached hydrogen (secondary N) is 1. The van der Waals surface area contributed by atoms with Crippen LogP contribution in [0, 0.1) is 6.92 Å². The molecule has 0 amide bonds. The van der Waals surface area contributed by atoms with Gasteiger partial charge in [-0.1, -0.05) is 17.7 Å². The molecular weight excluding hydrogens is 208 g/mol. The van der Waals surface area contributed by atoms with Gasteiger partial charge in [-0.15, -0.1) is 0 Å². The highest BCUT2D eigenvalue weighted by atomic mass is 35.5. The average Bonchev–Trinajstić information content (AvgIpc) is 2.17. The molecule has 0 spiro atoms. The number of hydrogen-bond donors (Lipinski definition) is 1. The molecule has 0 bridgehead atoms. The maximum atomic E-state index is 5.93. The van der Waals surface area contributed by atoms with E-state index >= 15 is 0 Å². The number of rotatable bonds is 5. The molecule has 0 heterocycles. The molecule has 2 nitrogen and oxygen atoms in total. The van der Waals surface area contributed by atoms with Gasteiger partial charge in [-0.3, -0.25) is 0 Å². The third-order valence-electron chi connectivity index (χ3n) is 2.30. The van der Waals surface area contributed by atoms with Gasteiger partial charge in [0.25, 0.3) is 0 Å². The van der Waals surface area contributed by atoms with Gasteiger partial charge < -0.3 is 10.2 Å². The van der Waals surface area contributed by atoms with Gasteiger partial charge in [0, 0.05) is 17.3 Å². The first-order valence-corrected chi connectivity index (χ1v) is 5.62. The van der Waals surface area contributed by atoms with E-state index in [1.54, 1.807) is 0 Å². The lowest BCUT2D eigenvalue weighted by Crippen LogP contribution is -2.16. The standard InChI is InChI=1S/C12H19ClN2/c1-10-5-6-11(13)9-12(10)14-7-4-8-15(2)3/h5-6,9,14H,4,7-8H2,1-3H3. The fourth-order valence-electron chi connectivity index (χ4n) is 1.40. The first kappa shape index (κ1) is 12.3. The van der Waals surface area contributed by atoms with E-state index < -0.39 is 0 Å². The zero-order valence-corrected chi connectivity index (χ0v) is 10.4. The van der Waals surface area contributed by atoms with E-state index in [-0.39, 0.29) is 0 Å². The van der Waals surface area contributed by atoms with Crippen molar-refractivity contribution in [2.75, 3.05) is 32.5 Å². The number of benzene rings is 1. The Balaban J connectivity index is 2.40. The van der Waals surface area contributed by atoms with Gasteiger partial charge >= 0.3 is 0 Å². The highest BCUT2D eigenvalue weighted by Crippen LogP contribution is 2.19. The lowest BCUT2D eigenvalue weighted by Gasteiger charge is -2.12. The Morgan fingerprint density at radius 1 is 1.33 bits per heavy atom. The second-order valence-corrected chi connectivity index (χ2v) is 4.48. The molecule has 0 saturated carbocycles. The number of hydrogen-bond acceptors (Lipinski definition) is 2. The minimum atomic E-state index is 0.788. The van der Waals surface area contributed by atoms with Gasteiger partial charge in [0.05, 0.1) is 0 Å². The van der Waals surface area contributed by atoms with Crippen molar-refractivity contribution in [3.05, 3.63) is 28.8 Å². The monoisotopic (exact) mass is 226 g/mol. The first-order valence-electron chi connectivity index (χ1n) is 5.24. The van der Waals surface area contributed by atoms with Gasteiger partial charge in [0.1, 0.15) is 0 Å². The first-order chi connectivity index (χ1) is 7.09. The molecule has 1 N–H and O–H groups in total. The molecule has 84 valence electrons. The number of halogens is 1. The lowest BCUT2D eigenvalue weighted by atomic mass is 10.2. The molecule has 0 fully saturated rings. The van der Waals surface area contributed by atoms with E-state index in [1.165, 1.54) is 5.56 Å². The Labute approximate surface area is 97.2 Å². The Hall–Kier alpha value is -0.730. The smallest absolute Gasteiger partial charge is 0.0426 e. The molecule has 3 heteroatoms. The quantitative estimate of drug-likeness (QED) is 0.777. The molecule has 0 aliphatic rings. The summed E-state index contributed by atoms with van der Waals surface area (Å²) in [5.41, 5.74) is 2.38. The Morgan fingerprint density at radius 3 is 2.73 bits per heavy atom. The number of nitrogens with zero attached hydrogens (tertiary/aromatic N) is 1. The van der Waals surface area contributed by atoms with Crippen LogP contribution in [-0.2, 0) is 0 Å². The topological polar surface area (TPSA) is 15.3 Å². The number of aryl methyl sites for hydroxylation is 1. The summed E-state index contributed by atoms with van der Waals surface area (Å²) in [6, 6.07) is 5.94. The summed E-state index contributed by atoms with van der Waals surface area (Å²) in [4.78, 5) is 2.19. The van der Waals surface area contributed by atoms with E-state index in [1.807, 2.05) is 18.2 Å². The fourth-order valence-corrected chi connectivity index (χ4v) is 1.58. The third-order valence-corrected chi connectivity index (χ3v) is 2.53. The second kappa shape index (κ2) is 5.99. The largest absolute Gasteiger partial charge is 0.385 e. The molecule has 0 radical (unpaired) electrons. The molecule has 0 saturated heterocycles. The van der Waals surface area contributed by atoms with Crippen LogP contribution in [0.3, 0.4) is 0 Å². The summed E-state index contributed by atoms with van der Waals surface area (Å²) in [5.74, 6) is 0. The highest BCUT2D eigenvalue weighted by Gasteiger charge is 1.98. The molecule has 1 aromatic rings. The Bertz CT molecular complexity index is 310. The molecule has 0 aliphatic carbocycles. The van der Waals surface area contributed by atoms with E-state index in [4.69, 9.17) is 11.6 Å². The predicted octanol–water partition coefficient (Wildman–Crippen LogP) is 3.01. The van der Waals surface area contributed by atoms with Crippen molar-refractivity contribution in [1.82, 2.24) is 4.90 Å². The fraction of sp³-hybridized carbons (Fsp3) is 0.500. The van der Waals surface area contributed by atoms with Crippen LogP contribution >= 0.6 is 11.6 Å². The van der Waals surface area contributed by atoms with Crippen LogP contribution in [0.5, 0.6) is 0 Å². The molecule has 0 aromatic heterocycles. The van der Waals surface area contributed by atoms with Crippen LogP contribution in [0.15, 0.2) is 18.2 Å². The second-order valence-electron chi connectivity index (χ2n) is 4.04. The highest BCUT2D eigenvalue weighted by molar-refractivity contribution is 6.30. The maximum Gasteiger partial charge on any atom is 0.0426 e. The van der Waals surface area contributed by atoms with E-state index in [0.29, 0.717) is 0 Å². The molecule has 0 unspecified atom stereocenters. The van der Waals surface area contributed by atoms with Crippen molar-refractivity contribution in [1.29, 1.82) is 0 Å².